The second-order valence-electron chi connectivity index (χ2n) is 5.83. The van der Waals surface area contributed by atoms with Crippen molar-refractivity contribution in [3.8, 4) is 0 Å². The summed E-state index contributed by atoms with van der Waals surface area (Å²) in [5, 5.41) is 8.15. The van der Waals surface area contributed by atoms with E-state index >= 15 is 0 Å². The maximum atomic E-state index is 6.14. The van der Waals surface area contributed by atoms with Gasteiger partial charge in [0.1, 0.15) is 0 Å². The van der Waals surface area contributed by atoms with Crippen molar-refractivity contribution >= 4 is 11.6 Å². The third kappa shape index (κ3) is 3.99. The van der Waals surface area contributed by atoms with Crippen LogP contribution in [-0.4, -0.2) is 15.1 Å². The first-order chi connectivity index (χ1) is 11.6. The van der Waals surface area contributed by atoms with Crippen molar-refractivity contribution in [1.82, 2.24) is 20.4 Å². The molecule has 124 valence electrons. The number of aromatic nitrogens is 3. The predicted octanol–water partition coefficient (Wildman–Crippen LogP) is 4.12. The fourth-order valence-electron chi connectivity index (χ4n) is 2.39. The summed E-state index contributed by atoms with van der Waals surface area (Å²) >= 11 is 6.14. The van der Waals surface area contributed by atoms with Crippen LogP contribution < -0.4 is 5.32 Å². The minimum absolute atomic E-state index is 0.106. The van der Waals surface area contributed by atoms with Crippen LogP contribution in [0, 0.1) is 0 Å². The van der Waals surface area contributed by atoms with Crippen molar-refractivity contribution in [2.75, 3.05) is 0 Å². The summed E-state index contributed by atoms with van der Waals surface area (Å²) in [5.41, 5.74) is 1.95. The molecule has 0 aliphatic heterocycles. The summed E-state index contributed by atoms with van der Waals surface area (Å²) < 4.78 is 5.25. The van der Waals surface area contributed by atoms with Gasteiger partial charge in [0.15, 0.2) is 5.82 Å². The Morgan fingerprint density at radius 3 is 2.71 bits per heavy atom. The Balaban J connectivity index is 1.82. The molecule has 0 aliphatic rings. The smallest absolute Gasteiger partial charge is 0.229 e. The molecule has 5 nitrogen and oxygen atoms in total. The minimum Gasteiger partial charge on any atom is -0.339 e. The van der Waals surface area contributed by atoms with Crippen molar-refractivity contribution in [1.29, 1.82) is 0 Å². The van der Waals surface area contributed by atoms with Gasteiger partial charge in [0, 0.05) is 17.1 Å². The molecule has 0 radical (unpaired) electrons. The van der Waals surface area contributed by atoms with Crippen molar-refractivity contribution in [3.05, 3.63) is 76.7 Å². The summed E-state index contributed by atoms with van der Waals surface area (Å²) in [4.78, 5) is 8.86. The fraction of sp³-hybridized carbons (Fsp3) is 0.278. The molecule has 2 heterocycles. The average molecular weight is 343 g/mol. The third-order valence-corrected chi connectivity index (χ3v) is 3.84. The summed E-state index contributed by atoms with van der Waals surface area (Å²) in [5.74, 6) is 1.48. The largest absolute Gasteiger partial charge is 0.339 e. The molecule has 0 spiro atoms. The van der Waals surface area contributed by atoms with Gasteiger partial charge in [-0.05, 0) is 29.8 Å². The van der Waals surface area contributed by atoms with Crippen LogP contribution >= 0.6 is 11.6 Å². The number of halogens is 1. The van der Waals surface area contributed by atoms with Crippen molar-refractivity contribution in [2.45, 2.75) is 32.4 Å². The zero-order valence-corrected chi connectivity index (χ0v) is 14.4. The number of hydrogen-bond acceptors (Lipinski definition) is 5. The molecular formula is C18H19ClN4O. The van der Waals surface area contributed by atoms with Gasteiger partial charge in [-0.2, -0.15) is 4.98 Å². The maximum absolute atomic E-state index is 6.14. The molecule has 0 bridgehead atoms. The van der Waals surface area contributed by atoms with Gasteiger partial charge >= 0.3 is 0 Å². The topological polar surface area (TPSA) is 63.8 Å². The molecule has 1 aromatic carbocycles. The number of rotatable bonds is 6. The van der Waals surface area contributed by atoms with Gasteiger partial charge < -0.3 is 4.52 Å². The van der Waals surface area contributed by atoms with Crippen LogP contribution in [0.25, 0.3) is 0 Å². The van der Waals surface area contributed by atoms with E-state index in [4.69, 9.17) is 16.1 Å². The molecule has 0 saturated heterocycles. The number of nitrogens with zero attached hydrogens (tertiary/aromatic N) is 3. The van der Waals surface area contributed by atoms with E-state index in [0.717, 1.165) is 11.3 Å². The highest BCUT2D eigenvalue weighted by molar-refractivity contribution is 6.30. The molecule has 6 heteroatoms. The zero-order valence-electron chi connectivity index (χ0n) is 13.6. The molecular weight excluding hydrogens is 324 g/mol. The van der Waals surface area contributed by atoms with Crippen molar-refractivity contribution < 1.29 is 4.52 Å². The standard InChI is InChI=1S/C18H19ClN4O/c1-12(2)18-22-16(23-24-18)11-21-17(15-8-3-4-9-20-15)13-6-5-7-14(19)10-13/h3-10,12,17,21H,11H2,1-2H3. The predicted molar refractivity (Wildman–Crippen MR) is 92.8 cm³/mol. The molecule has 0 aliphatic carbocycles. The summed E-state index contributed by atoms with van der Waals surface area (Å²) in [6.45, 7) is 4.52. The van der Waals surface area contributed by atoms with Gasteiger partial charge in [0.2, 0.25) is 5.89 Å². The third-order valence-electron chi connectivity index (χ3n) is 3.61. The number of hydrogen-bond donors (Lipinski definition) is 1. The van der Waals surface area contributed by atoms with E-state index < -0.39 is 0 Å². The van der Waals surface area contributed by atoms with Gasteiger partial charge in [-0.3, -0.25) is 10.3 Å². The summed E-state index contributed by atoms with van der Waals surface area (Å²) in [7, 11) is 0. The first kappa shape index (κ1) is 16.6. The van der Waals surface area contributed by atoms with Gasteiger partial charge in [-0.15, -0.1) is 0 Å². The lowest BCUT2D eigenvalue weighted by atomic mass is 10.0. The second-order valence-corrected chi connectivity index (χ2v) is 6.26. The summed E-state index contributed by atoms with van der Waals surface area (Å²) in [6, 6.07) is 13.5. The fourth-order valence-corrected chi connectivity index (χ4v) is 2.59. The van der Waals surface area contributed by atoms with E-state index in [1.807, 2.05) is 56.3 Å². The molecule has 3 aromatic rings. The second kappa shape index (κ2) is 7.55. The molecule has 1 unspecified atom stereocenters. The highest BCUT2D eigenvalue weighted by atomic mass is 35.5. The SMILES string of the molecule is CC(C)c1nc(CNC(c2cccc(Cl)c2)c2ccccn2)no1. The van der Waals surface area contributed by atoms with E-state index in [1.165, 1.54) is 0 Å². The van der Waals surface area contributed by atoms with E-state index in [-0.39, 0.29) is 12.0 Å². The van der Waals surface area contributed by atoms with Crippen LogP contribution in [0.4, 0.5) is 0 Å². The molecule has 0 saturated carbocycles. The summed E-state index contributed by atoms with van der Waals surface area (Å²) in [6.07, 6.45) is 1.78. The Morgan fingerprint density at radius 2 is 2.04 bits per heavy atom. The van der Waals surface area contributed by atoms with Crippen LogP contribution in [0.2, 0.25) is 5.02 Å². The number of benzene rings is 1. The molecule has 3 rings (SSSR count). The Labute approximate surface area is 146 Å². The van der Waals surface area contributed by atoms with E-state index in [0.29, 0.717) is 23.3 Å². The highest BCUT2D eigenvalue weighted by Crippen LogP contribution is 2.23. The number of pyridine rings is 1. The van der Waals surface area contributed by atoms with Crippen molar-refractivity contribution in [3.63, 3.8) is 0 Å². The van der Waals surface area contributed by atoms with E-state index in [2.05, 4.69) is 20.4 Å². The maximum Gasteiger partial charge on any atom is 0.229 e. The Hall–Kier alpha value is -2.24. The van der Waals surface area contributed by atoms with Crippen LogP contribution in [0.1, 0.15) is 48.8 Å². The van der Waals surface area contributed by atoms with E-state index in [1.54, 1.807) is 6.20 Å². The van der Waals surface area contributed by atoms with Crippen LogP contribution in [0.15, 0.2) is 53.2 Å². The highest BCUT2D eigenvalue weighted by Gasteiger charge is 2.17. The van der Waals surface area contributed by atoms with Crippen LogP contribution in [-0.2, 0) is 6.54 Å². The molecule has 2 aromatic heterocycles. The Bertz CT molecular complexity index is 788. The Kier molecular flexibility index (Phi) is 5.23. The molecule has 24 heavy (non-hydrogen) atoms. The quantitative estimate of drug-likeness (QED) is 0.730. The lowest BCUT2D eigenvalue weighted by Crippen LogP contribution is -2.23. The van der Waals surface area contributed by atoms with E-state index in [9.17, 15) is 0 Å². The average Bonchev–Trinajstić information content (AvgIpc) is 3.05. The van der Waals surface area contributed by atoms with Gasteiger partial charge in [0.25, 0.3) is 0 Å². The minimum atomic E-state index is -0.106. The van der Waals surface area contributed by atoms with Gasteiger partial charge in [-0.25, -0.2) is 0 Å². The first-order valence-electron chi connectivity index (χ1n) is 7.85. The zero-order chi connectivity index (χ0) is 16.9. The first-order valence-corrected chi connectivity index (χ1v) is 8.23. The molecule has 0 amide bonds. The lowest BCUT2D eigenvalue weighted by molar-refractivity contribution is 0.359. The molecule has 0 fully saturated rings. The van der Waals surface area contributed by atoms with Gasteiger partial charge in [0.05, 0.1) is 18.3 Å². The van der Waals surface area contributed by atoms with Crippen LogP contribution in [0.5, 0.6) is 0 Å². The normalized spacial score (nSPS) is 12.5. The Morgan fingerprint density at radius 1 is 1.17 bits per heavy atom. The van der Waals surface area contributed by atoms with Crippen molar-refractivity contribution in [2.24, 2.45) is 0 Å². The molecule has 1 N–H and O–H groups in total. The monoisotopic (exact) mass is 342 g/mol. The van der Waals surface area contributed by atoms with Crippen LogP contribution in [0.3, 0.4) is 0 Å². The van der Waals surface area contributed by atoms with Gasteiger partial charge in [-0.1, -0.05) is 48.8 Å². The number of nitrogens with one attached hydrogen (secondary N) is 1. The molecule has 1 atom stereocenters. The lowest BCUT2D eigenvalue weighted by Gasteiger charge is -2.18.